The van der Waals surface area contributed by atoms with Gasteiger partial charge in [0.25, 0.3) is 0 Å². The molecule has 2 aromatic carbocycles. The number of hydrogen-bond donors (Lipinski definition) is 1. The molecule has 0 saturated heterocycles. The van der Waals surface area contributed by atoms with Crippen LogP contribution in [-0.4, -0.2) is 37.3 Å². The van der Waals surface area contributed by atoms with E-state index in [2.05, 4.69) is 37.2 Å². The van der Waals surface area contributed by atoms with Crippen LogP contribution in [0.1, 0.15) is 17.5 Å². The molecule has 1 N–H and O–H groups in total. The summed E-state index contributed by atoms with van der Waals surface area (Å²) in [5.74, 6) is 1.64. The Bertz CT molecular complexity index is 712. The molecule has 128 valence electrons. The predicted molar refractivity (Wildman–Crippen MR) is 102 cm³/mol. The average molecular weight is 346 g/mol. The normalized spacial score (nSPS) is 18.5. The van der Waals surface area contributed by atoms with Gasteiger partial charge in [-0.05, 0) is 49.9 Å². The Morgan fingerprint density at radius 1 is 1.17 bits per heavy atom. The highest BCUT2D eigenvalue weighted by atomic mass is 35.5. The monoisotopic (exact) mass is 345 g/mol. The van der Waals surface area contributed by atoms with Gasteiger partial charge in [0, 0.05) is 18.0 Å². The summed E-state index contributed by atoms with van der Waals surface area (Å²) in [5, 5.41) is 9.74. The lowest BCUT2D eigenvalue weighted by atomic mass is 9.88. The third kappa shape index (κ3) is 4.31. The lowest BCUT2D eigenvalue weighted by molar-refractivity contribution is 0.279. The van der Waals surface area contributed by atoms with Crippen molar-refractivity contribution in [1.29, 1.82) is 0 Å². The SMILES string of the molecule is CN(C)CC1CCOc2ccccc2C1=Cc1cccc(O)c1.Cl. The number of benzene rings is 2. The first-order valence-corrected chi connectivity index (χ1v) is 8.01. The number of phenols is 1. The molecule has 0 saturated carbocycles. The molecule has 0 bridgehead atoms. The maximum absolute atomic E-state index is 9.74. The number of nitrogens with zero attached hydrogens (tertiary/aromatic N) is 1. The van der Waals surface area contributed by atoms with Gasteiger partial charge in [-0.15, -0.1) is 12.4 Å². The Morgan fingerprint density at radius 2 is 1.96 bits per heavy atom. The summed E-state index contributed by atoms with van der Waals surface area (Å²) in [6.45, 7) is 1.70. The molecule has 0 aliphatic carbocycles. The van der Waals surface area contributed by atoms with Crippen LogP contribution >= 0.6 is 12.4 Å². The quantitative estimate of drug-likeness (QED) is 0.899. The third-order valence-corrected chi connectivity index (χ3v) is 4.14. The van der Waals surface area contributed by atoms with Crippen molar-refractivity contribution in [3.63, 3.8) is 0 Å². The van der Waals surface area contributed by atoms with Crippen LogP contribution < -0.4 is 4.74 Å². The minimum absolute atomic E-state index is 0. The van der Waals surface area contributed by atoms with Gasteiger partial charge < -0.3 is 14.7 Å². The molecule has 0 spiro atoms. The van der Waals surface area contributed by atoms with Crippen molar-refractivity contribution >= 4 is 24.1 Å². The van der Waals surface area contributed by atoms with Crippen LogP contribution in [0.15, 0.2) is 48.5 Å². The molecule has 0 amide bonds. The van der Waals surface area contributed by atoms with Crippen LogP contribution in [0.3, 0.4) is 0 Å². The van der Waals surface area contributed by atoms with Gasteiger partial charge in [-0.2, -0.15) is 0 Å². The first kappa shape index (κ1) is 18.4. The van der Waals surface area contributed by atoms with Crippen molar-refractivity contribution in [2.75, 3.05) is 27.2 Å². The van der Waals surface area contributed by atoms with Crippen LogP contribution in [0.25, 0.3) is 11.6 Å². The second kappa shape index (κ2) is 8.22. The molecule has 0 fully saturated rings. The van der Waals surface area contributed by atoms with Gasteiger partial charge in [0.15, 0.2) is 0 Å². The fourth-order valence-electron chi connectivity index (χ4n) is 3.14. The van der Waals surface area contributed by atoms with E-state index in [9.17, 15) is 5.11 Å². The van der Waals surface area contributed by atoms with Crippen molar-refractivity contribution in [2.24, 2.45) is 5.92 Å². The van der Waals surface area contributed by atoms with Gasteiger partial charge in [0.1, 0.15) is 11.5 Å². The third-order valence-electron chi connectivity index (χ3n) is 4.14. The molecule has 24 heavy (non-hydrogen) atoms. The van der Waals surface area contributed by atoms with Gasteiger partial charge in [0.05, 0.1) is 6.61 Å². The number of aromatic hydroxyl groups is 1. The molecule has 1 heterocycles. The van der Waals surface area contributed by atoms with E-state index >= 15 is 0 Å². The van der Waals surface area contributed by atoms with Gasteiger partial charge in [-0.25, -0.2) is 0 Å². The first-order chi connectivity index (χ1) is 11.1. The second-order valence-electron chi connectivity index (χ2n) is 6.29. The van der Waals surface area contributed by atoms with E-state index in [1.54, 1.807) is 12.1 Å². The summed E-state index contributed by atoms with van der Waals surface area (Å²) in [5.41, 5.74) is 3.44. The van der Waals surface area contributed by atoms with E-state index in [1.807, 2.05) is 24.3 Å². The summed E-state index contributed by atoms with van der Waals surface area (Å²) < 4.78 is 5.94. The van der Waals surface area contributed by atoms with E-state index in [1.165, 1.54) is 5.57 Å². The number of rotatable bonds is 3. The molecule has 1 aliphatic rings. The Morgan fingerprint density at radius 3 is 2.71 bits per heavy atom. The highest BCUT2D eigenvalue weighted by molar-refractivity contribution is 5.86. The highest BCUT2D eigenvalue weighted by Crippen LogP contribution is 2.37. The summed E-state index contributed by atoms with van der Waals surface area (Å²) in [7, 11) is 4.20. The first-order valence-electron chi connectivity index (χ1n) is 8.01. The molecule has 0 radical (unpaired) electrons. The van der Waals surface area contributed by atoms with Crippen molar-refractivity contribution in [1.82, 2.24) is 4.90 Å². The number of phenolic OH excluding ortho intramolecular Hbond substituents is 1. The molecule has 0 aromatic heterocycles. The topological polar surface area (TPSA) is 32.7 Å². The predicted octanol–water partition coefficient (Wildman–Crippen LogP) is 4.31. The number of halogens is 1. The molecule has 1 unspecified atom stereocenters. The van der Waals surface area contributed by atoms with Crippen LogP contribution in [0.2, 0.25) is 0 Å². The molecule has 2 aromatic rings. The molecule has 4 heteroatoms. The lowest BCUT2D eigenvalue weighted by Gasteiger charge is -2.22. The number of hydrogen-bond acceptors (Lipinski definition) is 3. The van der Waals surface area contributed by atoms with Crippen molar-refractivity contribution in [2.45, 2.75) is 6.42 Å². The molecule has 3 rings (SSSR count). The Labute approximate surface area is 150 Å². The summed E-state index contributed by atoms with van der Waals surface area (Å²) >= 11 is 0. The average Bonchev–Trinajstić information content (AvgIpc) is 2.67. The maximum Gasteiger partial charge on any atom is 0.126 e. The molecule has 1 atom stereocenters. The largest absolute Gasteiger partial charge is 0.508 e. The highest BCUT2D eigenvalue weighted by Gasteiger charge is 2.23. The van der Waals surface area contributed by atoms with Crippen LogP contribution in [-0.2, 0) is 0 Å². The molecular weight excluding hydrogens is 322 g/mol. The van der Waals surface area contributed by atoms with Crippen LogP contribution in [0.5, 0.6) is 11.5 Å². The summed E-state index contributed by atoms with van der Waals surface area (Å²) in [4.78, 5) is 2.22. The zero-order valence-electron chi connectivity index (χ0n) is 14.1. The number of fused-ring (bicyclic) bond motifs is 1. The van der Waals surface area contributed by atoms with Gasteiger partial charge >= 0.3 is 0 Å². The zero-order chi connectivity index (χ0) is 16.2. The van der Waals surface area contributed by atoms with E-state index < -0.39 is 0 Å². The van der Waals surface area contributed by atoms with E-state index in [0.717, 1.165) is 36.4 Å². The van der Waals surface area contributed by atoms with Crippen LogP contribution in [0, 0.1) is 5.92 Å². The summed E-state index contributed by atoms with van der Waals surface area (Å²) in [6, 6.07) is 15.6. The standard InChI is InChI=1S/C20H23NO2.ClH/c1-21(2)14-16-10-11-23-20-9-4-3-8-18(20)19(16)13-15-6-5-7-17(22)12-15;/h3-9,12-13,16,22H,10-11,14H2,1-2H3;1H. The fourth-order valence-corrected chi connectivity index (χ4v) is 3.14. The fraction of sp³-hybridized carbons (Fsp3) is 0.300. The lowest BCUT2D eigenvalue weighted by Crippen LogP contribution is -2.23. The van der Waals surface area contributed by atoms with Gasteiger partial charge in [-0.1, -0.05) is 36.4 Å². The van der Waals surface area contributed by atoms with E-state index in [0.29, 0.717) is 11.7 Å². The van der Waals surface area contributed by atoms with E-state index in [4.69, 9.17) is 4.74 Å². The summed E-state index contributed by atoms with van der Waals surface area (Å²) in [6.07, 6.45) is 3.17. The zero-order valence-corrected chi connectivity index (χ0v) is 14.9. The Kier molecular flexibility index (Phi) is 6.29. The minimum Gasteiger partial charge on any atom is -0.508 e. The molecular formula is C20H24ClNO2. The van der Waals surface area contributed by atoms with Gasteiger partial charge in [0.2, 0.25) is 0 Å². The van der Waals surface area contributed by atoms with Crippen molar-refractivity contribution in [3.8, 4) is 11.5 Å². The number of ether oxygens (including phenoxy) is 1. The number of para-hydroxylation sites is 1. The van der Waals surface area contributed by atoms with Crippen molar-refractivity contribution in [3.05, 3.63) is 59.7 Å². The molecule has 3 nitrogen and oxygen atoms in total. The molecule has 1 aliphatic heterocycles. The second-order valence-corrected chi connectivity index (χ2v) is 6.29. The van der Waals surface area contributed by atoms with Crippen molar-refractivity contribution < 1.29 is 9.84 Å². The smallest absolute Gasteiger partial charge is 0.126 e. The minimum atomic E-state index is 0. The Balaban J connectivity index is 0.00000208. The van der Waals surface area contributed by atoms with E-state index in [-0.39, 0.29) is 12.4 Å². The van der Waals surface area contributed by atoms with Crippen LogP contribution in [0.4, 0.5) is 0 Å². The maximum atomic E-state index is 9.74. The Hall–Kier alpha value is -1.97. The van der Waals surface area contributed by atoms with Gasteiger partial charge in [-0.3, -0.25) is 0 Å².